The highest BCUT2D eigenvalue weighted by atomic mass is 15.3. The van der Waals surface area contributed by atoms with Crippen molar-refractivity contribution in [2.75, 3.05) is 11.1 Å². The summed E-state index contributed by atoms with van der Waals surface area (Å²) >= 11 is 0. The monoisotopic (exact) mass is 246 g/mol. The highest BCUT2D eigenvalue weighted by molar-refractivity contribution is 5.64. The van der Waals surface area contributed by atoms with Crippen LogP contribution in [0.25, 0.3) is 0 Å². The average Bonchev–Trinajstić information content (AvgIpc) is 2.65. The fourth-order valence-electron chi connectivity index (χ4n) is 1.76. The predicted octanol–water partition coefficient (Wildman–Crippen LogP) is 1.59. The number of anilines is 2. The topological polar surface area (TPSA) is 81.7 Å². The second-order valence-corrected chi connectivity index (χ2v) is 4.14. The van der Waals surface area contributed by atoms with E-state index in [1.807, 2.05) is 23.7 Å². The van der Waals surface area contributed by atoms with Crippen LogP contribution in [-0.4, -0.2) is 20.0 Å². The lowest BCUT2D eigenvalue weighted by atomic mass is 10.3. The van der Waals surface area contributed by atoms with E-state index in [9.17, 15) is 0 Å². The van der Waals surface area contributed by atoms with E-state index in [-0.39, 0.29) is 0 Å². The molecule has 2 heterocycles. The van der Waals surface area contributed by atoms with Gasteiger partial charge in [0.1, 0.15) is 5.82 Å². The summed E-state index contributed by atoms with van der Waals surface area (Å²) < 4.78 is 1.90. The van der Waals surface area contributed by atoms with Crippen LogP contribution in [0.4, 0.5) is 11.5 Å². The van der Waals surface area contributed by atoms with Crippen molar-refractivity contribution in [2.24, 2.45) is 0 Å². The van der Waals surface area contributed by atoms with Gasteiger partial charge in [0.2, 0.25) is 0 Å². The third kappa shape index (κ3) is 2.58. The van der Waals surface area contributed by atoms with E-state index in [0.717, 1.165) is 30.2 Å². The van der Waals surface area contributed by atoms with Crippen LogP contribution >= 0.6 is 0 Å². The zero-order valence-corrected chi connectivity index (χ0v) is 10.7. The van der Waals surface area contributed by atoms with Crippen LogP contribution in [0.15, 0.2) is 18.3 Å². The molecule has 6 heteroatoms. The Morgan fingerprint density at radius 2 is 2.28 bits per heavy atom. The summed E-state index contributed by atoms with van der Waals surface area (Å²) in [6, 6.07) is 3.78. The molecular formula is C12H18N6. The summed E-state index contributed by atoms with van der Waals surface area (Å²) in [5.41, 5.74) is 8.44. The average molecular weight is 246 g/mol. The van der Waals surface area contributed by atoms with Crippen LogP contribution in [0.2, 0.25) is 0 Å². The third-order valence-electron chi connectivity index (χ3n) is 2.67. The van der Waals surface area contributed by atoms with Gasteiger partial charge in [0.05, 0.1) is 23.6 Å². The predicted molar refractivity (Wildman–Crippen MR) is 71.0 cm³/mol. The van der Waals surface area contributed by atoms with Crippen molar-refractivity contribution in [3.8, 4) is 0 Å². The normalized spacial score (nSPS) is 10.6. The number of rotatable bonds is 5. The van der Waals surface area contributed by atoms with Gasteiger partial charge in [-0.05, 0) is 25.5 Å². The van der Waals surface area contributed by atoms with Crippen LogP contribution in [0, 0.1) is 6.92 Å². The van der Waals surface area contributed by atoms with Gasteiger partial charge < -0.3 is 11.1 Å². The lowest BCUT2D eigenvalue weighted by Gasteiger charge is -2.09. The molecule has 0 aliphatic heterocycles. The number of nitrogens with two attached hydrogens (primary N) is 1. The van der Waals surface area contributed by atoms with E-state index in [1.165, 1.54) is 0 Å². The van der Waals surface area contributed by atoms with Gasteiger partial charge in [0.25, 0.3) is 0 Å². The summed E-state index contributed by atoms with van der Waals surface area (Å²) in [6.07, 6.45) is 2.67. The number of hydrogen-bond acceptors (Lipinski definition) is 5. The first-order valence-corrected chi connectivity index (χ1v) is 6.05. The van der Waals surface area contributed by atoms with Gasteiger partial charge in [-0.3, -0.25) is 0 Å². The highest BCUT2D eigenvalue weighted by Crippen LogP contribution is 2.22. The Kier molecular flexibility index (Phi) is 3.76. The van der Waals surface area contributed by atoms with Crippen LogP contribution in [0.1, 0.15) is 24.7 Å². The summed E-state index contributed by atoms with van der Waals surface area (Å²) in [5.74, 6) is 0.861. The molecule has 18 heavy (non-hydrogen) atoms. The molecule has 0 unspecified atom stereocenters. The first kappa shape index (κ1) is 12.3. The van der Waals surface area contributed by atoms with Crippen LogP contribution < -0.4 is 11.1 Å². The van der Waals surface area contributed by atoms with E-state index in [1.54, 1.807) is 6.20 Å². The summed E-state index contributed by atoms with van der Waals surface area (Å²) in [7, 11) is 0. The summed E-state index contributed by atoms with van der Waals surface area (Å²) in [4.78, 5) is 0. The maximum absolute atomic E-state index is 6.02. The lowest BCUT2D eigenvalue weighted by Crippen LogP contribution is -2.10. The Morgan fingerprint density at radius 3 is 2.94 bits per heavy atom. The van der Waals surface area contributed by atoms with Gasteiger partial charge in [-0.1, -0.05) is 6.92 Å². The second-order valence-electron chi connectivity index (χ2n) is 4.14. The molecule has 96 valence electrons. The number of hydrogen-bond donors (Lipinski definition) is 2. The Labute approximate surface area is 106 Å². The minimum atomic E-state index is 0.590. The third-order valence-corrected chi connectivity index (χ3v) is 2.67. The van der Waals surface area contributed by atoms with Crippen molar-refractivity contribution in [1.82, 2.24) is 20.0 Å². The van der Waals surface area contributed by atoms with Crippen LogP contribution in [-0.2, 0) is 13.1 Å². The molecule has 0 saturated carbocycles. The molecule has 0 atom stereocenters. The molecule has 0 fully saturated rings. The first-order chi connectivity index (χ1) is 8.72. The van der Waals surface area contributed by atoms with E-state index in [0.29, 0.717) is 12.2 Å². The quantitative estimate of drug-likeness (QED) is 0.837. The summed E-state index contributed by atoms with van der Waals surface area (Å²) in [6.45, 7) is 5.46. The number of aryl methyl sites for hydroxylation is 2. The molecular weight excluding hydrogens is 228 g/mol. The second kappa shape index (κ2) is 5.48. The first-order valence-electron chi connectivity index (χ1n) is 6.05. The van der Waals surface area contributed by atoms with Crippen molar-refractivity contribution in [3.63, 3.8) is 0 Å². The molecule has 0 bridgehead atoms. The molecule has 0 amide bonds. The van der Waals surface area contributed by atoms with Gasteiger partial charge in [-0.15, -0.1) is 0 Å². The van der Waals surface area contributed by atoms with Crippen LogP contribution in [0.5, 0.6) is 0 Å². The van der Waals surface area contributed by atoms with E-state index in [2.05, 4.69) is 27.5 Å². The molecule has 2 rings (SSSR count). The Bertz CT molecular complexity index is 505. The molecule has 0 aliphatic carbocycles. The maximum atomic E-state index is 6.02. The zero-order valence-electron chi connectivity index (χ0n) is 10.7. The zero-order chi connectivity index (χ0) is 13.0. The standard InChI is InChI=1S/C12H18N6/c1-3-7-18-12(11(13)9(2)17-18)14-8-10-5-4-6-15-16-10/h4-6,14H,3,7-8,13H2,1-2H3. The molecule has 0 aliphatic rings. The minimum Gasteiger partial charge on any atom is -0.394 e. The number of nitrogens with one attached hydrogen (secondary N) is 1. The lowest BCUT2D eigenvalue weighted by molar-refractivity contribution is 0.602. The Hall–Kier alpha value is -2.11. The molecule has 0 spiro atoms. The molecule has 0 radical (unpaired) electrons. The fraction of sp³-hybridized carbons (Fsp3) is 0.417. The molecule has 3 N–H and O–H groups in total. The van der Waals surface area contributed by atoms with Gasteiger partial charge >= 0.3 is 0 Å². The fourth-order valence-corrected chi connectivity index (χ4v) is 1.76. The van der Waals surface area contributed by atoms with Gasteiger partial charge in [-0.2, -0.15) is 15.3 Å². The largest absolute Gasteiger partial charge is 0.394 e. The molecule has 0 aromatic carbocycles. The Morgan fingerprint density at radius 1 is 1.44 bits per heavy atom. The minimum absolute atomic E-state index is 0.590. The van der Waals surface area contributed by atoms with Crippen molar-refractivity contribution >= 4 is 11.5 Å². The van der Waals surface area contributed by atoms with Crippen molar-refractivity contribution < 1.29 is 0 Å². The number of nitrogen functional groups attached to an aromatic ring is 1. The van der Waals surface area contributed by atoms with E-state index in [4.69, 9.17) is 5.73 Å². The molecule has 2 aromatic rings. The van der Waals surface area contributed by atoms with Crippen molar-refractivity contribution in [1.29, 1.82) is 0 Å². The smallest absolute Gasteiger partial charge is 0.148 e. The van der Waals surface area contributed by atoms with Gasteiger partial charge in [-0.25, -0.2) is 4.68 Å². The van der Waals surface area contributed by atoms with E-state index < -0.39 is 0 Å². The maximum Gasteiger partial charge on any atom is 0.148 e. The molecule has 2 aromatic heterocycles. The molecule has 6 nitrogen and oxygen atoms in total. The number of aromatic nitrogens is 4. The Balaban J connectivity index is 2.13. The van der Waals surface area contributed by atoms with Crippen LogP contribution in [0.3, 0.4) is 0 Å². The molecule has 0 saturated heterocycles. The van der Waals surface area contributed by atoms with E-state index >= 15 is 0 Å². The number of nitrogens with zero attached hydrogens (tertiary/aromatic N) is 4. The van der Waals surface area contributed by atoms with Gasteiger partial charge in [0.15, 0.2) is 0 Å². The van der Waals surface area contributed by atoms with Crippen molar-refractivity contribution in [2.45, 2.75) is 33.4 Å². The SMILES string of the molecule is CCCn1nc(C)c(N)c1NCc1cccnn1. The van der Waals surface area contributed by atoms with Gasteiger partial charge in [0, 0.05) is 12.7 Å². The van der Waals surface area contributed by atoms with Crippen molar-refractivity contribution in [3.05, 3.63) is 29.7 Å². The highest BCUT2D eigenvalue weighted by Gasteiger charge is 2.11. The summed E-state index contributed by atoms with van der Waals surface area (Å²) in [5, 5.41) is 15.5.